The summed E-state index contributed by atoms with van der Waals surface area (Å²) in [4.78, 5) is 28.3. The molecule has 1 heterocycles. The lowest BCUT2D eigenvalue weighted by Crippen LogP contribution is -2.52. The number of benzene rings is 1. The molecule has 1 aliphatic heterocycles. The summed E-state index contributed by atoms with van der Waals surface area (Å²) in [7, 11) is 0. The largest absolute Gasteiger partial charge is 0.484 e. The van der Waals surface area contributed by atoms with E-state index < -0.39 is 0 Å². The van der Waals surface area contributed by atoms with Crippen molar-refractivity contribution in [2.75, 3.05) is 32.8 Å². The first-order valence-corrected chi connectivity index (χ1v) is 8.48. The van der Waals surface area contributed by atoms with E-state index in [4.69, 9.17) is 4.74 Å². The second kappa shape index (κ2) is 7.49. The maximum absolute atomic E-state index is 12.4. The molecule has 0 unspecified atom stereocenters. The molecule has 2 fully saturated rings. The number of piperazine rings is 1. The summed E-state index contributed by atoms with van der Waals surface area (Å²) in [5, 5.41) is 0. The zero-order valence-corrected chi connectivity index (χ0v) is 13.4. The van der Waals surface area contributed by atoms with Gasteiger partial charge in [-0.2, -0.15) is 0 Å². The molecular weight excluding hydrogens is 292 g/mol. The molecule has 5 heteroatoms. The summed E-state index contributed by atoms with van der Waals surface area (Å²) in [5.74, 6) is 1.20. The van der Waals surface area contributed by atoms with Crippen molar-refractivity contribution in [3.05, 3.63) is 30.3 Å². The highest BCUT2D eigenvalue weighted by Crippen LogP contribution is 2.26. The fourth-order valence-electron chi connectivity index (χ4n) is 3.36. The molecule has 1 aromatic carbocycles. The van der Waals surface area contributed by atoms with E-state index in [1.807, 2.05) is 35.2 Å². The Bertz CT molecular complexity index is 532. The van der Waals surface area contributed by atoms with Gasteiger partial charge in [0.2, 0.25) is 5.91 Å². The Morgan fingerprint density at radius 3 is 2.22 bits per heavy atom. The van der Waals surface area contributed by atoms with Crippen LogP contribution in [0, 0.1) is 5.92 Å². The standard InChI is InChI=1S/C18H24N2O3/c21-17(14-23-16-8-2-1-3-9-16)19-10-12-20(13-11-19)18(22)15-6-4-5-7-15/h1-3,8-9,15H,4-7,10-14H2. The molecule has 0 atom stereocenters. The van der Waals surface area contributed by atoms with Crippen molar-refractivity contribution in [1.29, 1.82) is 0 Å². The average Bonchev–Trinajstić information content (AvgIpc) is 3.15. The molecule has 1 saturated heterocycles. The Kier molecular flexibility index (Phi) is 5.16. The molecule has 1 saturated carbocycles. The zero-order chi connectivity index (χ0) is 16.1. The van der Waals surface area contributed by atoms with Crippen LogP contribution in [-0.2, 0) is 9.59 Å². The second-order valence-corrected chi connectivity index (χ2v) is 6.29. The molecule has 3 rings (SSSR count). The van der Waals surface area contributed by atoms with Gasteiger partial charge in [0, 0.05) is 32.1 Å². The molecule has 1 aromatic rings. The SMILES string of the molecule is O=C(COc1ccccc1)N1CCN(C(=O)C2CCCC2)CC1. The molecule has 0 spiro atoms. The Morgan fingerprint density at radius 1 is 0.957 bits per heavy atom. The van der Waals surface area contributed by atoms with Crippen LogP contribution in [-0.4, -0.2) is 54.4 Å². The quantitative estimate of drug-likeness (QED) is 0.853. The van der Waals surface area contributed by atoms with Gasteiger partial charge in [0.05, 0.1) is 0 Å². The molecule has 1 aliphatic carbocycles. The molecule has 124 valence electrons. The molecular formula is C18H24N2O3. The van der Waals surface area contributed by atoms with E-state index in [2.05, 4.69) is 0 Å². The van der Waals surface area contributed by atoms with Crippen molar-refractivity contribution in [2.45, 2.75) is 25.7 Å². The van der Waals surface area contributed by atoms with Gasteiger partial charge in [-0.05, 0) is 25.0 Å². The first-order chi connectivity index (χ1) is 11.2. The van der Waals surface area contributed by atoms with Crippen molar-refractivity contribution >= 4 is 11.8 Å². The number of carbonyl (C=O) groups excluding carboxylic acids is 2. The van der Waals surface area contributed by atoms with Crippen LogP contribution in [0.3, 0.4) is 0 Å². The molecule has 0 N–H and O–H groups in total. The molecule has 0 bridgehead atoms. The molecule has 2 aliphatic rings. The topological polar surface area (TPSA) is 49.9 Å². The predicted octanol–water partition coefficient (Wildman–Crippen LogP) is 1.93. The van der Waals surface area contributed by atoms with Gasteiger partial charge < -0.3 is 14.5 Å². The van der Waals surface area contributed by atoms with Crippen LogP contribution in [0.1, 0.15) is 25.7 Å². The van der Waals surface area contributed by atoms with Crippen molar-refractivity contribution in [2.24, 2.45) is 5.92 Å². The number of para-hydroxylation sites is 1. The minimum absolute atomic E-state index is 0.0122. The number of ether oxygens (including phenoxy) is 1. The van der Waals surface area contributed by atoms with E-state index in [1.54, 1.807) is 4.90 Å². The smallest absolute Gasteiger partial charge is 0.260 e. The highest BCUT2D eigenvalue weighted by atomic mass is 16.5. The lowest BCUT2D eigenvalue weighted by Gasteiger charge is -2.36. The number of hydrogen-bond donors (Lipinski definition) is 0. The first kappa shape index (κ1) is 15.8. The molecule has 0 aromatic heterocycles. The lowest BCUT2D eigenvalue weighted by atomic mass is 10.1. The van der Waals surface area contributed by atoms with Crippen molar-refractivity contribution in [3.63, 3.8) is 0 Å². The highest BCUT2D eigenvalue weighted by Gasteiger charge is 2.30. The number of rotatable bonds is 4. The summed E-state index contributed by atoms with van der Waals surface area (Å²) in [5.41, 5.74) is 0. The maximum atomic E-state index is 12.4. The number of amides is 2. The highest BCUT2D eigenvalue weighted by molar-refractivity contribution is 5.80. The molecule has 23 heavy (non-hydrogen) atoms. The number of carbonyl (C=O) groups is 2. The van der Waals surface area contributed by atoms with E-state index in [9.17, 15) is 9.59 Å². The van der Waals surface area contributed by atoms with E-state index in [0.29, 0.717) is 31.9 Å². The Hall–Kier alpha value is -2.04. The average molecular weight is 316 g/mol. The molecule has 0 radical (unpaired) electrons. The number of nitrogens with zero attached hydrogens (tertiary/aromatic N) is 2. The normalized spacial score (nSPS) is 19.0. The Morgan fingerprint density at radius 2 is 1.57 bits per heavy atom. The van der Waals surface area contributed by atoms with E-state index in [-0.39, 0.29) is 24.3 Å². The third kappa shape index (κ3) is 4.03. The summed E-state index contributed by atoms with van der Waals surface area (Å²) >= 11 is 0. The van der Waals surface area contributed by atoms with Gasteiger partial charge in [-0.1, -0.05) is 31.0 Å². The first-order valence-electron chi connectivity index (χ1n) is 8.48. The van der Waals surface area contributed by atoms with Crippen LogP contribution in [0.4, 0.5) is 0 Å². The van der Waals surface area contributed by atoms with Gasteiger partial charge in [-0.25, -0.2) is 0 Å². The second-order valence-electron chi connectivity index (χ2n) is 6.29. The fraction of sp³-hybridized carbons (Fsp3) is 0.556. The van der Waals surface area contributed by atoms with Crippen LogP contribution < -0.4 is 4.74 Å². The zero-order valence-electron chi connectivity index (χ0n) is 13.4. The minimum Gasteiger partial charge on any atom is -0.484 e. The molecule has 5 nitrogen and oxygen atoms in total. The van der Waals surface area contributed by atoms with Crippen molar-refractivity contribution in [1.82, 2.24) is 9.80 Å². The van der Waals surface area contributed by atoms with Crippen LogP contribution in [0.25, 0.3) is 0 Å². The van der Waals surface area contributed by atoms with Crippen LogP contribution in [0.15, 0.2) is 30.3 Å². The Labute approximate surface area is 137 Å². The lowest BCUT2D eigenvalue weighted by molar-refractivity contribution is -0.142. The monoisotopic (exact) mass is 316 g/mol. The van der Waals surface area contributed by atoms with Crippen molar-refractivity contribution in [3.8, 4) is 5.75 Å². The van der Waals surface area contributed by atoms with Crippen molar-refractivity contribution < 1.29 is 14.3 Å². The van der Waals surface area contributed by atoms with Crippen LogP contribution in [0.5, 0.6) is 5.75 Å². The fourth-order valence-corrected chi connectivity index (χ4v) is 3.36. The van der Waals surface area contributed by atoms with Gasteiger partial charge in [-0.3, -0.25) is 9.59 Å². The van der Waals surface area contributed by atoms with E-state index in [1.165, 1.54) is 12.8 Å². The molecule has 2 amide bonds. The van der Waals surface area contributed by atoms with Crippen LogP contribution in [0.2, 0.25) is 0 Å². The van der Waals surface area contributed by atoms with E-state index >= 15 is 0 Å². The summed E-state index contributed by atoms with van der Waals surface area (Å²) in [6.45, 7) is 2.56. The minimum atomic E-state index is -0.0122. The van der Waals surface area contributed by atoms with Gasteiger partial charge in [0.1, 0.15) is 5.75 Å². The third-order valence-electron chi connectivity index (χ3n) is 4.75. The predicted molar refractivity (Wildman–Crippen MR) is 87.1 cm³/mol. The van der Waals surface area contributed by atoms with Gasteiger partial charge in [0.15, 0.2) is 6.61 Å². The van der Waals surface area contributed by atoms with E-state index in [0.717, 1.165) is 12.8 Å². The summed E-state index contributed by atoms with van der Waals surface area (Å²) in [6.07, 6.45) is 4.41. The van der Waals surface area contributed by atoms with Crippen LogP contribution >= 0.6 is 0 Å². The maximum Gasteiger partial charge on any atom is 0.260 e. The summed E-state index contributed by atoms with van der Waals surface area (Å²) < 4.78 is 5.50. The van der Waals surface area contributed by atoms with Gasteiger partial charge >= 0.3 is 0 Å². The Balaban J connectivity index is 1.43. The van der Waals surface area contributed by atoms with Gasteiger partial charge in [-0.15, -0.1) is 0 Å². The summed E-state index contributed by atoms with van der Waals surface area (Å²) in [6, 6.07) is 9.35. The number of hydrogen-bond acceptors (Lipinski definition) is 3. The van der Waals surface area contributed by atoms with Gasteiger partial charge in [0.25, 0.3) is 5.91 Å². The third-order valence-corrected chi connectivity index (χ3v) is 4.75.